The van der Waals surface area contributed by atoms with Gasteiger partial charge in [0.25, 0.3) is 0 Å². The van der Waals surface area contributed by atoms with Gasteiger partial charge in [0.05, 0.1) is 0 Å². The molecule has 0 aliphatic heterocycles. The second-order valence-electron chi connectivity index (χ2n) is 2.13. The standard InChI is InChI=1S/C7H14.2H3N/c1-5-7(4)6(2)3;;/h5H2,1-4H3;2*1H3. The van der Waals surface area contributed by atoms with Crippen LogP contribution < -0.4 is 12.3 Å². The van der Waals surface area contributed by atoms with Crippen molar-refractivity contribution in [3.05, 3.63) is 11.1 Å². The summed E-state index contributed by atoms with van der Waals surface area (Å²) in [7, 11) is 0. The SMILES string of the molecule is CCC(C)=C(C)C.N.N. The summed E-state index contributed by atoms with van der Waals surface area (Å²) in [6, 6.07) is 0. The molecule has 58 valence electrons. The van der Waals surface area contributed by atoms with Gasteiger partial charge in [0.1, 0.15) is 0 Å². The molecule has 0 radical (unpaired) electrons. The first-order valence-electron chi connectivity index (χ1n) is 2.81. The highest BCUT2D eigenvalue weighted by Crippen LogP contribution is 2.04. The maximum absolute atomic E-state index is 2.18. The van der Waals surface area contributed by atoms with Crippen molar-refractivity contribution in [3.63, 3.8) is 0 Å². The second-order valence-corrected chi connectivity index (χ2v) is 2.13. The second kappa shape index (κ2) is 7.66. The van der Waals surface area contributed by atoms with Crippen molar-refractivity contribution < 1.29 is 0 Å². The van der Waals surface area contributed by atoms with Crippen molar-refractivity contribution in [2.45, 2.75) is 34.1 Å². The van der Waals surface area contributed by atoms with Gasteiger partial charge in [-0.25, -0.2) is 0 Å². The highest BCUT2D eigenvalue weighted by molar-refractivity contribution is 5.05. The summed E-state index contributed by atoms with van der Waals surface area (Å²) >= 11 is 0. The Kier molecular flexibility index (Phi) is 13.5. The molecule has 0 aromatic carbocycles. The maximum atomic E-state index is 2.18. The zero-order valence-electron chi connectivity index (χ0n) is 7.12. The third-order valence-corrected chi connectivity index (χ3v) is 1.38. The van der Waals surface area contributed by atoms with Crippen LogP contribution in [0.25, 0.3) is 0 Å². The molecular weight excluding hydrogens is 112 g/mol. The molecule has 0 saturated carbocycles. The minimum atomic E-state index is 0. The first-order chi connectivity index (χ1) is 3.18. The normalized spacial score (nSPS) is 6.67. The van der Waals surface area contributed by atoms with Gasteiger partial charge < -0.3 is 12.3 Å². The van der Waals surface area contributed by atoms with E-state index in [9.17, 15) is 0 Å². The number of rotatable bonds is 1. The quantitative estimate of drug-likeness (QED) is 0.538. The van der Waals surface area contributed by atoms with Crippen LogP contribution in [-0.4, -0.2) is 0 Å². The molecule has 0 amide bonds. The molecule has 2 nitrogen and oxygen atoms in total. The van der Waals surface area contributed by atoms with Crippen molar-refractivity contribution in [2.75, 3.05) is 0 Å². The summed E-state index contributed by atoms with van der Waals surface area (Å²) in [6.45, 7) is 8.66. The summed E-state index contributed by atoms with van der Waals surface area (Å²) in [5.74, 6) is 0. The Labute approximate surface area is 58.5 Å². The predicted octanol–water partition coefficient (Wildman–Crippen LogP) is 3.08. The van der Waals surface area contributed by atoms with Gasteiger partial charge in [0, 0.05) is 0 Å². The Balaban J connectivity index is -0.000000180. The molecule has 0 heterocycles. The van der Waals surface area contributed by atoms with E-state index in [0.717, 1.165) is 0 Å². The molecule has 0 atom stereocenters. The molecule has 0 bridgehead atoms. The lowest BCUT2D eigenvalue weighted by Crippen LogP contribution is -1.73. The van der Waals surface area contributed by atoms with Crippen LogP contribution in [0.4, 0.5) is 0 Å². The highest BCUT2D eigenvalue weighted by Gasteiger charge is 1.82. The summed E-state index contributed by atoms with van der Waals surface area (Å²) in [6.07, 6.45) is 1.20. The van der Waals surface area contributed by atoms with Crippen LogP contribution in [0, 0.1) is 0 Å². The average molecular weight is 132 g/mol. The van der Waals surface area contributed by atoms with Crippen molar-refractivity contribution in [1.29, 1.82) is 0 Å². The fourth-order valence-electron chi connectivity index (χ4n) is 0.354. The third-order valence-electron chi connectivity index (χ3n) is 1.38. The van der Waals surface area contributed by atoms with Crippen molar-refractivity contribution in [3.8, 4) is 0 Å². The van der Waals surface area contributed by atoms with Crippen LogP contribution in [0.3, 0.4) is 0 Å². The molecule has 9 heavy (non-hydrogen) atoms. The number of allylic oxidation sites excluding steroid dienone is 2. The van der Waals surface area contributed by atoms with Gasteiger partial charge in [-0.2, -0.15) is 0 Å². The number of hydrogen-bond acceptors (Lipinski definition) is 2. The zero-order chi connectivity index (χ0) is 5.86. The Morgan fingerprint density at radius 3 is 1.33 bits per heavy atom. The summed E-state index contributed by atoms with van der Waals surface area (Å²) < 4.78 is 0. The molecule has 0 saturated heterocycles. The van der Waals surface area contributed by atoms with Gasteiger partial charge in [-0.05, 0) is 27.2 Å². The lowest BCUT2D eigenvalue weighted by Gasteiger charge is -1.94. The lowest BCUT2D eigenvalue weighted by molar-refractivity contribution is 1.05. The van der Waals surface area contributed by atoms with Gasteiger partial charge in [0.15, 0.2) is 0 Å². The molecule has 0 aromatic rings. The average Bonchev–Trinajstić information content (AvgIpc) is 1.65. The van der Waals surface area contributed by atoms with Crippen LogP contribution in [0.2, 0.25) is 0 Å². The van der Waals surface area contributed by atoms with E-state index in [1.54, 1.807) is 0 Å². The smallest absolute Gasteiger partial charge is 0.0349 e. The molecule has 0 aromatic heterocycles. The first-order valence-corrected chi connectivity index (χ1v) is 2.81. The number of hydrogen-bond donors (Lipinski definition) is 2. The van der Waals surface area contributed by atoms with E-state index in [1.165, 1.54) is 17.6 Å². The van der Waals surface area contributed by atoms with Gasteiger partial charge in [0.2, 0.25) is 0 Å². The summed E-state index contributed by atoms with van der Waals surface area (Å²) in [4.78, 5) is 0. The Hall–Kier alpha value is -0.340. The summed E-state index contributed by atoms with van der Waals surface area (Å²) in [5.41, 5.74) is 2.97. The first kappa shape index (κ1) is 15.9. The molecule has 0 rings (SSSR count). The van der Waals surface area contributed by atoms with Gasteiger partial charge in [-0.3, -0.25) is 0 Å². The van der Waals surface area contributed by atoms with E-state index >= 15 is 0 Å². The van der Waals surface area contributed by atoms with E-state index in [1.807, 2.05) is 0 Å². The molecule has 2 heteroatoms. The van der Waals surface area contributed by atoms with Crippen molar-refractivity contribution >= 4 is 0 Å². The molecule has 0 fully saturated rings. The molecular formula is C7H20N2. The third kappa shape index (κ3) is 7.66. The van der Waals surface area contributed by atoms with E-state index in [0.29, 0.717) is 0 Å². The van der Waals surface area contributed by atoms with Crippen molar-refractivity contribution in [2.24, 2.45) is 0 Å². The summed E-state index contributed by atoms with van der Waals surface area (Å²) in [5, 5.41) is 0. The minimum absolute atomic E-state index is 0. The monoisotopic (exact) mass is 132 g/mol. The maximum Gasteiger partial charge on any atom is -0.0349 e. The van der Waals surface area contributed by atoms with Crippen LogP contribution in [0.15, 0.2) is 11.1 Å². The predicted molar refractivity (Wildman–Crippen MR) is 44.4 cm³/mol. The van der Waals surface area contributed by atoms with Crippen LogP contribution in [0.1, 0.15) is 34.1 Å². The Morgan fingerprint density at radius 1 is 1.00 bits per heavy atom. The molecule has 0 aliphatic carbocycles. The molecule has 6 N–H and O–H groups in total. The molecule has 0 unspecified atom stereocenters. The van der Waals surface area contributed by atoms with Crippen molar-refractivity contribution in [1.82, 2.24) is 12.3 Å². The van der Waals surface area contributed by atoms with E-state index in [4.69, 9.17) is 0 Å². The van der Waals surface area contributed by atoms with Gasteiger partial charge >= 0.3 is 0 Å². The zero-order valence-corrected chi connectivity index (χ0v) is 7.12. The largest absolute Gasteiger partial charge is 0.344 e. The van der Waals surface area contributed by atoms with Crippen LogP contribution in [0.5, 0.6) is 0 Å². The Morgan fingerprint density at radius 2 is 1.33 bits per heavy atom. The van der Waals surface area contributed by atoms with Crippen LogP contribution >= 0.6 is 0 Å². The van der Waals surface area contributed by atoms with E-state index in [2.05, 4.69) is 27.7 Å². The van der Waals surface area contributed by atoms with E-state index < -0.39 is 0 Å². The lowest BCUT2D eigenvalue weighted by atomic mass is 10.1. The van der Waals surface area contributed by atoms with Gasteiger partial charge in [-0.15, -0.1) is 0 Å². The van der Waals surface area contributed by atoms with Gasteiger partial charge in [-0.1, -0.05) is 18.1 Å². The Bertz CT molecular complexity index is 80.9. The highest BCUT2D eigenvalue weighted by atomic mass is 14.0. The van der Waals surface area contributed by atoms with E-state index in [-0.39, 0.29) is 12.3 Å². The fraction of sp³-hybridized carbons (Fsp3) is 0.714. The fourth-order valence-corrected chi connectivity index (χ4v) is 0.354. The topological polar surface area (TPSA) is 70.0 Å². The minimum Gasteiger partial charge on any atom is -0.344 e. The van der Waals surface area contributed by atoms with Crippen LogP contribution in [-0.2, 0) is 0 Å². The molecule has 0 spiro atoms. The molecule has 0 aliphatic rings.